The van der Waals surface area contributed by atoms with E-state index in [-0.39, 0.29) is 12.1 Å². The minimum absolute atomic E-state index is 0.0895. The molecule has 2 N–H and O–H groups in total. The Balaban J connectivity index is 2.21. The normalized spacial score (nSPS) is 10.1. The highest BCUT2D eigenvalue weighted by atomic mass is 16.5. The van der Waals surface area contributed by atoms with Crippen molar-refractivity contribution < 1.29 is 14.6 Å². The first-order valence-electron chi connectivity index (χ1n) is 6.02. The summed E-state index contributed by atoms with van der Waals surface area (Å²) in [5.74, 6) is -0.347. The van der Waals surface area contributed by atoms with Crippen LogP contribution in [0.15, 0.2) is 30.7 Å². The zero-order valence-corrected chi connectivity index (χ0v) is 11.3. The topological polar surface area (TPSA) is 84.3 Å². The van der Waals surface area contributed by atoms with Gasteiger partial charge >= 0.3 is 5.97 Å². The Bertz CT molecular complexity index is 629. The van der Waals surface area contributed by atoms with E-state index >= 15 is 0 Å². The quantitative estimate of drug-likeness (QED) is 0.868. The van der Waals surface area contributed by atoms with Gasteiger partial charge in [0.15, 0.2) is 0 Å². The van der Waals surface area contributed by atoms with Crippen molar-refractivity contribution in [3.63, 3.8) is 0 Å². The van der Waals surface area contributed by atoms with Crippen LogP contribution in [0.1, 0.15) is 21.6 Å². The summed E-state index contributed by atoms with van der Waals surface area (Å²) in [5.41, 5.74) is 2.39. The van der Waals surface area contributed by atoms with Crippen molar-refractivity contribution in [3.05, 3.63) is 47.5 Å². The second-order valence-corrected chi connectivity index (χ2v) is 4.25. The average Bonchev–Trinajstić information content (AvgIpc) is 2.45. The van der Waals surface area contributed by atoms with Crippen LogP contribution in [0.3, 0.4) is 0 Å². The second kappa shape index (κ2) is 6.01. The summed E-state index contributed by atoms with van der Waals surface area (Å²) >= 11 is 0. The highest BCUT2D eigenvalue weighted by Crippen LogP contribution is 2.25. The molecule has 0 aliphatic carbocycles. The predicted octanol–water partition coefficient (Wildman–Crippen LogP) is 2.10. The maximum Gasteiger partial charge on any atom is 0.339 e. The molecule has 0 fully saturated rings. The lowest BCUT2D eigenvalue weighted by atomic mass is 10.2. The van der Waals surface area contributed by atoms with Crippen molar-refractivity contribution in [3.8, 4) is 5.75 Å². The molecule has 0 atom stereocenters. The Morgan fingerprint density at radius 2 is 2.25 bits per heavy atom. The number of benzene rings is 1. The Morgan fingerprint density at radius 1 is 1.45 bits per heavy atom. The van der Waals surface area contributed by atoms with Crippen LogP contribution in [0.2, 0.25) is 0 Å². The molecule has 1 aromatic heterocycles. The molecule has 0 spiro atoms. The van der Waals surface area contributed by atoms with E-state index in [4.69, 9.17) is 9.84 Å². The molecule has 20 heavy (non-hydrogen) atoms. The van der Waals surface area contributed by atoms with E-state index in [0.29, 0.717) is 11.4 Å². The third-order valence-electron chi connectivity index (χ3n) is 2.83. The van der Waals surface area contributed by atoms with E-state index in [1.807, 2.05) is 25.1 Å². The summed E-state index contributed by atoms with van der Waals surface area (Å²) < 4.78 is 5.25. The molecule has 0 saturated heterocycles. The zero-order valence-electron chi connectivity index (χ0n) is 11.3. The fraction of sp³-hybridized carbons (Fsp3) is 0.214. The minimum atomic E-state index is -1.04. The lowest BCUT2D eigenvalue weighted by Crippen LogP contribution is -2.10. The summed E-state index contributed by atoms with van der Waals surface area (Å²) in [5, 5.41) is 12.2. The first-order valence-corrected chi connectivity index (χ1v) is 6.02. The van der Waals surface area contributed by atoms with E-state index in [9.17, 15) is 4.79 Å². The summed E-state index contributed by atoms with van der Waals surface area (Å²) in [6.07, 6.45) is 2.62. The van der Waals surface area contributed by atoms with Crippen LogP contribution in [0.4, 0.5) is 5.69 Å². The third-order valence-corrected chi connectivity index (χ3v) is 2.83. The van der Waals surface area contributed by atoms with Gasteiger partial charge in [0.05, 0.1) is 25.0 Å². The van der Waals surface area contributed by atoms with Gasteiger partial charge in [0.2, 0.25) is 0 Å². The molecule has 0 saturated carbocycles. The van der Waals surface area contributed by atoms with Gasteiger partial charge in [-0.3, -0.25) is 0 Å². The minimum Gasteiger partial charge on any atom is -0.495 e. The maximum atomic E-state index is 11.1. The molecule has 0 bridgehead atoms. The molecule has 6 nitrogen and oxygen atoms in total. The van der Waals surface area contributed by atoms with Gasteiger partial charge in [-0.2, -0.15) is 0 Å². The molecule has 2 rings (SSSR count). The molecular weight excluding hydrogens is 258 g/mol. The Labute approximate surface area is 116 Å². The van der Waals surface area contributed by atoms with Crippen LogP contribution in [-0.4, -0.2) is 28.2 Å². The number of anilines is 1. The SMILES string of the molecule is COc1ccc(C)cc1NCc1ncncc1C(=O)O. The van der Waals surface area contributed by atoms with Crippen molar-refractivity contribution >= 4 is 11.7 Å². The molecule has 1 heterocycles. The number of aromatic carboxylic acids is 1. The number of ether oxygens (including phenoxy) is 1. The van der Waals surface area contributed by atoms with Crippen LogP contribution in [0.25, 0.3) is 0 Å². The van der Waals surface area contributed by atoms with Crippen molar-refractivity contribution in [1.29, 1.82) is 0 Å². The molecule has 2 aromatic rings. The van der Waals surface area contributed by atoms with Crippen molar-refractivity contribution in [2.75, 3.05) is 12.4 Å². The van der Waals surface area contributed by atoms with Crippen LogP contribution in [-0.2, 0) is 6.54 Å². The number of methoxy groups -OCH3 is 1. The van der Waals surface area contributed by atoms with Crippen molar-refractivity contribution in [1.82, 2.24) is 9.97 Å². The van der Waals surface area contributed by atoms with Gasteiger partial charge in [-0.25, -0.2) is 14.8 Å². The summed E-state index contributed by atoms with van der Waals surface area (Å²) in [7, 11) is 1.59. The van der Waals surface area contributed by atoms with Gasteiger partial charge in [0, 0.05) is 6.20 Å². The fourth-order valence-corrected chi connectivity index (χ4v) is 1.81. The zero-order chi connectivity index (χ0) is 14.5. The number of rotatable bonds is 5. The highest BCUT2D eigenvalue weighted by molar-refractivity contribution is 5.88. The summed E-state index contributed by atoms with van der Waals surface area (Å²) in [4.78, 5) is 18.8. The Morgan fingerprint density at radius 3 is 2.95 bits per heavy atom. The molecule has 1 aromatic carbocycles. The molecule has 104 valence electrons. The van der Waals surface area contributed by atoms with E-state index in [0.717, 1.165) is 11.3 Å². The summed E-state index contributed by atoms with van der Waals surface area (Å²) in [6.45, 7) is 2.25. The third kappa shape index (κ3) is 3.03. The number of nitrogens with zero attached hydrogens (tertiary/aromatic N) is 2. The fourth-order valence-electron chi connectivity index (χ4n) is 1.81. The first kappa shape index (κ1) is 13.8. The van der Waals surface area contributed by atoms with Crippen molar-refractivity contribution in [2.24, 2.45) is 0 Å². The molecular formula is C14H15N3O3. The van der Waals surface area contributed by atoms with Crippen molar-refractivity contribution in [2.45, 2.75) is 13.5 Å². The predicted molar refractivity (Wildman–Crippen MR) is 74.0 cm³/mol. The lowest BCUT2D eigenvalue weighted by Gasteiger charge is -2.12. The molecule has 6 heteroatoms. The molecule has 0 aliphatic rings. The smallest absolute Gasteiger partial charge is 0.339 e. The molecule has 0 radical (unpaired) electrons. The van der Waals surface area contributed by atoms with Gasteiger partial charge in [-0.15, -0.1) is 0 Å². The number of nitrogens with one attached hydrogen (secondary N) is 1. The monoisotopic (exact) mass is 273 g/mol. The number of carboxylic acid groups (broad SMARTS) is 1. The average molecular weight is 273 g/mol. The number of hydrogen-bond donors (Lipinski definition) is 2. The lowest BCUT2D eigenvalue weighted by molar-refractivity contribution is 0.0694. The number of carbonyl (C=O) groups is 1. The van der Waals surface area contributed by atoms with Gasteiger partial charge < -0.3 is 15.2 Å². The van der Waals surface area contributed by atoms with E-state index in [2.05, 4.69) is 15.3 Å². The number of hydrogen-bond acceptors (Lipinski definition) is 5. The van der Waals surface area contributed by atoms with Crippen LogP contribution in [0, 0.1) is 6.92 Å². The van der Waals surface area contributed by atoms with Crippen LogP contribution < -0.4 is 10.1 Å². The molecule has 0 amide bonds. The van der Waals surface area contributed by atoms with E-state index < -0.39 is 5.97 Å². The highest BCUT2D eigenvalue weighted by Gasteiger charge is 2.12. The Kier molecular flexibility index (Phi) is 4.14. The summed E-state index contributed by atoms with van der Waals surface area (Å²) in [6, 6.07) is 5.73. The molecule has 0 aliphatic heterocycles. The number of aryl methyl sites for hydroxylation is 1. The van der Waals surface area contributed by atoms with Crippen LogP contribution in [0.5, 0.6) is 5.75 Å². The van der Waals surface area contributed by atoms with Gasteiger partial charge in [0.1, 0.15) is 17.6 Å². The van der Waals surface area contributed by atoms with Crippen LogP contribution >= 0.6 is 0 Å². The number of carboxylic acids is 1. The van der Waals surface area contributed by atoms with Gasteiger partial charge in [-0.1, -0.05) is 6.07 Å². The first-order chi connectivity index (χ1) is 9.61. The Hall–Kier alpha value is -2.63. The van der Waals surface area contributed by atoms with Gasteiger partial charge in [0.25, 0.3) is 0 Å². The standard InChI is InChI=1S/C14H15N3O3/c1-9-3-4-13(20-2)11(5-9)16-7-12-10(14(18)19)6-15-8-17-12/h3-6,8,16H,7H2,1-2H3,(H,18,19). The van der Waals surface area contributed by atoms with Gasteiger partial charge in [-0.05, 0) is 24.6 Å². The van der Waals surface area contributed by atoms with E-state index in [1.165, 1.54) is 12.5 Å². The molecule has 0 unspecified atom stereocenters. The second-order valence-electron chi connectivity index (χ2n) is 4.25. The maximum absolute atomic E-state index is 11.1. The van der Waals surface area contributed by atoms with E-state index in [1.54, 1.807) is 7.11 Å². The number of aromatic nitrogens is 2. The largest absolute Gasteiger partial charge is 0.495 e.